The first-order valence-corrected chi connectivity index (χ1v) is 7.58. The molecular formula is C16H28IN3O2. The smallest absolute Gasteiger partial charge is 0.191 e. The molecule has 0 saturated heterocycles. The molecule has 22 heavy (non-hydrogen) atoms. The van der Waals surface area contributed by atoms with Gasteiger partial charge in [-0.25, -0.2) is 0 Å². The van der Waals surface area contributed by atoms with Gasteiger partial charge in [0.15, 0.2) is 5.96 Å². The number of rotatable bonds is 5. The van der Waals surface area contributed by atoms with Gasteiger partial charge in [-0.05, 0) is 45.1 Å². The number of aryl methyl sites for hydroxylation is 2. The van der Waals surface area contributed by atoms with Crippen molar-refractivity contribution in [3.63, 3.8) is 0 Å². The standard InChI is InChI=1S/C16H27N3O2.HI/c1-10-6-13(10)8-18-15(17-5)19-9-16(4,20)14-7-11(2)21-12(14)3;/h7,10,13,20H,6,8-9H2,1-5H3,(H2,17,18,19);1H. The molecule has 2 rings (SSSR count). The van der Waals surface area contributed by atoms with E-state index in [0.29, 0.717) is 6.54 Å². The molecule has 0 bridgehead atoms. The highest BCUT2D eigenvalue weighted by molar-refractivity contribution is 14.0. The number of aliphatic imine (C=N–C) groups is 1. The molecule has 1 heterocycles. The lowest BCUT2D eigenvalue weighted by atomic mass is 9.96. The van der Waals surface area contributed by atoms with Gasteiger partial charge < -0.3 is 20.2 Å². The van der Waals surface area contributed by atoms with Crippen LogP contribution in [-0.2, 0) is 5.60 Å². The number of nitrogens with one attached hydrogen (secondary N) is 2. The lowest BCUT2D eigenvalue weighted by molar-refractivity contribution is 0.0602. The van der Waals surface area contributed by atoms with Gasteiger partial charge in [-0.2, -0.15) is 0 Å². The molecule has 3 atom stereocenters. The van der Waals surface area contributed by atoms with Crippen LogP contribution in [0.5, 0.6) is 0 Å². The third-order valence-electron chi connectivity index (χ3n) is 4.25. The Morgan fingerprint density at radius 2 is 2.09 bits per heavy atom. The largest absolute Gasteiger partial charge is 0.466 e. The van der Waals surface area contributed by atoms with Gasteiger partial charge in [-0.3, -0.25) is 4.99 Å². The summed E-state index contributed by atoms with van der Waals surface area (Å²) in [5.74, 6) is 3.87. The van der Waals surface area contributed by atoms with Gasteiger partial charge in [-0.15, -0.1) is 24.0 Å². The maximum Gasteiger partial charge on any atom is 0.191 e. The zero-order valence-electron chi connectivity index (χ0n) is 14.1. The van der Waals surface area contributed by atoms with E-state index < -0.39 is 5.60 Å². The molecular weight excluding hydrogens is 393 g/mol. The van der Waals surface area contributed by atoms with Crippen molar-refractivity contribution in [2.75, 3.05) is 20.1 Å². The molecule has 3 unspecified atom stereocenters. The maximum absolute atomic E-state index is 10.7. The van der Waals surface area contributed by atoms with Crippen molar-refractivity contribution in [1.82, 2.24) is 10.6 Å². The highest BCUT2D eigenvalue weighted by Gasteiger charge is 2.32. The van der Waals surface area contributed by atoms with E-state index >= 15 is 0 Å². The van der Waals surface area contributed by atoms with E-state index in [1.165, 1.54) is 6.42 Å². The van der Waals surface area contributed by atoms with Crippen molar-refractivity contribution in [3.8, 4) is 0 Å². The van der Waals surface area contributed by atoms with Crippen molar-refractivity contribution in [2.24, 2.45) is 16.8 Å². The second-order valence-corrected chi connectivity index (χ2v) is 6.38. The molecule has 1 aliphatic rings. The third-order valence-corrected chi connectivity index (χ3v) is 4.25. The fraction of sp³-hybridized carbons (Fsp3) is 0.688. The van der Waals surface area contributed by atoms with Crippen LogP contribution in [0.4, 0.5) is 0 Å². The van der Waals surface area contributed by atoms with E-state index in [9.17, 15) is 5.11 Å². The summed E-state index contributed by atoms with van der Waals surface area (Å²) in [6, 6.07) is 1.89. The predicted molar refractivity (Wildman–Crippen MR) is 99.8 cm³/mol. The van der Waals surface area contributed by atoms with Crippen molar-refractivity contribution < 1.29 is 9.52 Å². The Balaban J connectivity index is 0.00000242. The molecule has 0 aromatic carbocycles. The minimum Gasteiger partial charge on any atom is -0.466 e. The molecule has 5 nitrogen and oxygen atoms in total. The van der Waals surface area contributed by atoms with E-state index in [4.69, 9.17) is 4.42 Å². The molecule has 0 amide bonds. The van der Waals surface area contributed by atoms with Crippen LogP contribution in [-0.4, -0.2) is 31.2 Å². The van der Waals surface area contributed by atoms with E-state index in [1.54, 1.807) is 14.0 Å². The number of hydrogen-bond acceptors (Lipinski definition) is 3. The average Bonchev–Trinajstić information content (AvgIpc) is 3.00. The van der Waals surface area contributed by atoms with Gasteiger partial charge in [0.2, 0.25) is 0 Å². The first-order valence-electron chi connectivity index (χ1n) is 7.58. The summed E-state index contributed by atoms with van der Waals surface area (Å²) in [5, 5.41) is 17.2. The molecule has 1 saturated carbocycles. The predicted octanol–water partition coefficient (Wildman–Crippen LogP) is 2.54. The fourth-order valence-electron chi connectivity index (χ4n) is 2.65. The molecule has 6 heteroatoms. The molecule has 0 radical (unpaired) electrons. The zero-order chi connectivity index (χ0) is 15.6. The maximum atomic E-state index is 10.7. The van der Waals surface area contributed by atoms with Crippen molar-refractivity contribution in [3.05, 3.63) is 23.2 Å². The third kappa shape index (κ3) is 4.87. The second kappa shape index (κ2) is 7.68. The first kappa shape index (κ1) is 19.3. The van der Waals surface area contributed by atoms with E-state index in [0.717, 1.165) is 41.4 Å². The molecule has 3 N–H and O–H groups in total. The van der Waals surface area contributed by atoms with Gasteiger partial charge in [0.1, 0.15) is 17.1 Å². The van der Waals surface area contributed by atoms with Gasteiger partial charge in [0.25, 0.3) is 0 Å². The van der Waals surface area contributed by atoms with Gasteiger partial charge in [0, 0.05) is 19.2 Å². The quantitative estimate of drug-likeness (QED) is 0.388. The van der Waals surface area contributed by atoms with Crippen LogP contribution in [0, 0.1) is 25.7 Å². The molecule has 1 aliphatic carbocycles. The van der Waals surface area contributed by atoms with Crippen LogP contribution in [0.25, 0.3) is 0 Å². The molecule has 1 aromatic rings. The number of aliphatic hydroxyl groups is 1. The summed E-state index contributed by atoms with van der Waals surface area (Å²) in [6.45, 7) is 9.13. The van der Waals surface area contributed by atoms with Gasteiger partial charge in [-0.1, -0.05) is 6.92 Å². The number of halogens is 1. The Hall–Kier alpha value is -0.760. The topological polar surface area (TPSA) is 69.8 Å². The average molecular weight is 421 g/mol. The summed E-state index contributed by atoms with van der Waals surface area (Å²) in [7, 11) is 1.74. The van der Waals surface area contributed by atoms with Gasteiger partial charge in [0.05, 0.1) is 6.54 Å². The monoisotopic (exact) mass is 421 g/mol. The van der Waals surface area contributed by atoms with E-state index in [-0.39, 0.29) is 24.0 Å². The molecule has 126 valence electrons. The summed E-state index contributed by atoms with van der Waals surface area (Å²) >= 11 is 0. The van der Waals surface area contributed by atoms with Gasteiger partial charge >= 0.3 is 0 Å². The summed E-state index contributed by atoms with van der Waals surface area (Å²) in [5.41, 5.74) is -0.175. The Labute approximate surface area is 150 Å². The van der Waals surface area contributed by atoms with Crippen LogP contribution < -0.4 is 10.6 Å². The summed E-state index contributed by atoms with van der Waals surface area (Å²) in [4.78, 5) is 4.20. The van der Waals surface area contributed by atoms with E-state index in [2.05, 4.69) is 22.5 Å². The van der Waals surface area contributed by atoms with Crippen molar-refractivity contribution in [2.45, 2.75) is 39.7 Å². The normalized spacial score (nSPS) is 23.5. The number of guanidine groups is 1. The van der Waals surface area contributed by atoms with E-state index in [1.807, 2.05) is 19.9 Å². The molecule has 0 aliphatic heterocycles. The minimum absolute atomic E-state index is 0. The molecule has 1 aromatic heterocycles. The first-order chi connectivity index (χ1) is 9.83. The van der Waals surface area contributed by atoms with Crippen LogP contribution in [0.1, 0.15) is 37.4 Å². The Kier molecular flexibility index (Phi) is 6.73. The van der Waals surface area contributed by atoms with Crippen LogP contribution in [0.15, 0.2) is 15.5 Å². The molecule has 1 fully saturated rings. The highest BCUT2D eigenvalue weighted by atomic mass is 127. The van der Waals surface area contributed by atoms with Crippen molar-refractivity contribution >= 4 is 29.9 Å². The minimum atomic E-state index is -0.994. The summed E-state index contributed by atoms with van der Waals surface area (Å²) in [6.07, 6.45) is 1.29. The summed E-state index contributed by atoms with van der Waals surface area (Å²) < 4.78 is 5.50. The molecule has 0 spiro atoms. The fourth-order valence-corrected chi connectivity index (χ4v) is 2.65. The van der Waals surface area contributed by atoms with Crippen molar-refractivity contribution in [1.29, 1.82) is 0 Å². The van der Waals surface area contributed by atoms with Crippen LogP contribution in [0.3, 0.4) is 0 Å². The highest BCUT2D eigenvalue weighted by Crippen LogP contribution is 2.36. The Morgan fingerprint density at radius 1 is 1.45 bits per heavy atom. The van der Waals surface area contributed by atoms with Crippen LogP contribution >= 0.6 is 24.0 Å². The number of furan rings is 1. The zero-order valence-corrected chi connectivity index (χ0v) is 16.4. The second-order valence-electron chi connectivity index (χ2n) is 6.38. The SMILES string of the molecule is CN=C(NCC1CC1C)NCC(C)(O)c1cc(C)oc1C.I. The lowest BCUT2D eigenvalue weighted by Gasteiger charge is -2.24. The Morgan fingerprint density at radius 3 is 2.55 bits per heavy atom. The van der Waals surface area contributed by atoms with Crippen LogP contribution in [0.2, 0.25) is 0 Å². The Bertz CT molecular complexity index is 525. The number of nitrogens with zero attached hydrogens (tertiary/aromatic N) is 1. The lowest BCUT2D eigenvalue weighted by Crippen LogP contribution is -2.45. The number of hydrogen-bond donors (Lipinski definition) is 3.